The molecule has 0 atom stereocenters. The van der Waals surface area contributed by atoms with Crippen LogP contribution in [0.5, 0.6) is 0 Å². The van der Waals surface area contributed by atoms with Gasteiger partial charge in [0.25, 0.3) is 0 Å². The molecule has 0 fully saturated rings. The van der Waals surface area contributed by atoms with Gasteiger partial charge in [-0.2, -0.15) is 0 Å². The van der Waals surface area contributed by atoms with E-state index in [1.165, 1.54) is 4.90 Å². The molecule has 0 aliphatic carbocycles. The van der Waals surface area contributed by atoms with Crippen LogP contribution in [0.1, 0.15) is 5.56 Å². The first-order chi connectivity index (χ1) is 8.79. The van der Waals surface area contributed by atoms with E-state index < -0.39 is 0 Å². The molecule has 0 aliphatic heterocycles. The monoisotopic (exact) mass is 341 g/mol. The molecule has 2 aromatic rings. The molecule has 1 heterocycles. The zero-order valence-electron chi connectivity index (χ0n) is 9.54. The van der Waals surface area contributed by atoms with Gasteiger partial charge in [-0.05, 0) is 53.1 Å². The van der Waals surface area contributed by atoms with E-state index in [9.17, 15) is 0 Å². The van der Waals surface area contributed by atoms with Crippen LogP contribution in [0.4, 0.5) is 0 Å². The smallest absolute Gasteiger partial charge is 0.107 e. The van der Waals surface area contributed by atoms with E-state index in [4.69, 9.17) is 5.11 Å². The average Bonchev–Trinajstić information content (AvgIpc) is 2.39. The number of aliphatic hydroxyl groups excluding tert-OH is 1. The summed E-state index contributed by atoms with van der Waals surface area (Å²) in [7, 11) is 3.30. The van der Waals surface area contributed by atoms with Crippen LogP contribution >= 0.6 is 37.5 Å². The summed E-state index contributed by atoms with van der Waals surface area (Å²) in [5.41, 5.74) is 1.15. The third-order valence-electron chi connectivity index (χ3n) is 2.26. The highest BCUT2D eigenvalue weighted by atomic mass is 79.9. The van der Waals surface area contributed by atoms with Gasteiger partial charge in [0.2, 0.25) is 0 Å². The Morgan fingerprint density at radius 2 is 2.06 bits per heavy atom. The Hall–Kier alpha value is -0.490. The normalized spacial score (nSPS) is 10.6. The topological polar surface area (TPSA) is 33.1 Å². The van der Waals surface area contributed by atoms with Crippen LogP contribution < -0.4 is 0 Å². The molecule has 0 saturated heterocycles. The molecule has 0 spiro atoms. The van der Waals surface area contributed by atoms with Gasteiger partial charge in [-0.1, -0.05) is 32.8 Å². The zero-order chi connectivity index (χ0) is 12.8. The van der Waals surface area contributed by atoms with Crippen molar-refractivity contribution in [3.05, 3.63) is 52.6 Å². The number of rotatable bonds is 5. The van der Waals surface area contributed by atoms with Crippen molar-refractivity contribution in [2.75, 3.05) is 6.61 Å². The molecule has 1 N–H and O–H groups in total. The fourth-order valence-corrected chi connectivity index (χ4v) is 3.95. The number of halogens is 1. The highest BCUT2D eigenvalue weighted by molar-refractivity contribution is 9.10. The molecule has 18 heavy (non-hydrogen) atoms. The second-order valence-corrected chi connectivity index (χ2v) is 6.67. The van der Waals surface area contributed by atoms with Crippen molar-refractivity contribution in [1.29, 1.82) is 0 Å². The van der Waals surface area contributed by atoms with Crippen LogP contribution in [0.2, 0.25) is 0 Å². The fraction of sp³-hybridized carbons (Fsp3) is 0.154. The van der Waals surface area contributed by atoms with Gasteiger partial charge < -0.3 is 5.11 Å². The Morgan fingerprint density at radius 1 is 1.17 bits per heavy atom. The summed E-state index contributed by atoms with van der Waals surface area (Å²) in [6.07, 6.45) is 2.46. The van der Waals surface area contributed by atoms with Gasteiger partial charge in [0, 0.05) is 22.2 Å². The maximum absolute atomic E-state index is 9.08. The minimum absolute atomic E-state index is 0.165. The van der Waals surface area contributed by atoms with E-state index in [-0.39, 0.29) is 6.61 Å². The number of hydrogen-bond donors (Lipinski definition) is 1. The third kappa shape index (κ3) is 4.02. The molecule has 0 radical (unpaired) electrons. The second-order valence-electron chi connectivity index (χ2n) is 3.56. The molecule has 0 unspecified atom stereocenters. The van der Waals surface area contributed by atoms with Crippen molar-refractivity contribution in [3.8, 4) is 0 Å². The van der Waals surface area contributed by atoms with Gasteiger partial charge >= 0.3 is 0 Å². The first-order valence-electron chi connectivity index (χ1n) is 5.44. The van der Waals surface area contributed by atoms with Gasteiger partial charge in [0.05, 0.1) is 0 Å². The number of pyridine rings is 1. The molecule has 0 aliphatic rings. The first-order valence-corrected chi connectivity index (χ1v) is 8.39. The molecule has 1 aromatic carbocycles. The lowest BCUT2D eigenvalue weighted by Gasteiger charge is -2.07. The van der Waals surface area contributed by atoms with E-state index in [2.05, 4.69) is 33.0 Å². The van der Waals surface area contributed by atoms with Gasteiger partial charge in [-0.15, -0.1) is 0 Å². The first kappa shape index (κ1) is 13.9. The van der Waals surface area contributed by atoms with E-state index in [1.807, 2.05) is 24.3 Å². The van der Waals surface area contributed by atoms with Crippen LogP contribution in [-0.2, 0) is 6.42 Å². The Bertz CT molecular complexity index is 508. The molecule has 5 heteroatoms. The van der Waals surface area contributed by atoms with Crippen molar-refractivity contribution < 1.29 is 5.11 Å². The minimum Gasteiger partial charge on any atom is -0.396 e. The number of nitrogens with zero attached hydrogens (tertiary/aromatic N) is 1. The molecule has 1 aromatic heterocycles. The summed E-state index contributed by atoms with van der Waals surface area (Å²) in [5.74, 6) is 0. The molecular weight excluding hydrogens is 330 g/mol. The maximum atomic E-state index is 9.08. The Balaban J connectivity index is 2.09. The van der Waals surface area contributed by atoms with Crippen LogP contribution in [0.3, 0.4) is 0 Å². The molecular formula is C13H12BrNOS2. The summed E-state index contributed by atoms with van der Waals surface area (Å²) in [4.78, 5) is 5.44. The van der Waals surface area contributed by atoms with Gasteiger partial charge in [0.1, 0.15) is 5.03 Å². The van der Waals surface area contributed by atoms with Crippen molar-refractivity contribution >= 4 is 37.5 Å². The Kier molecular flexibility index (Phi) is 5.56. The highest BCUT2D eigenvalue weighted by Crippen LogP contribution is 2.38. The molecule has 94 valence electrons. The van der Waals surface area contributed by atoms with Crippen molar-refractivity contribution in [2.24, 2.45) is 0 Å². The van der Waals surface area contributed by atoms with E-state index in [1.54, 1.807) is 27.8 Å². The predicted molar refractivity (Wildman–Crippen MR) is 80.9 cm³/mol. The summed E-state index contributed by atoms with van der Waals surface area (Å²) in [5, 5.41) is 10.1. The summed E-state index contributed by atoms with van der Waals surface area (Å²) in [6.45, 7) is 0.165. The lowest BCUT2D eigenvalue weighted by atomic mass is 10.2. The largest absolute Gasteiger partial charge is 0.396 e. The second kappa shape index (κ2) is 7.19. The van der Waals surface area contributed by atoms with Gasteiger partial charge in [0.15, 0.2) is 0 Å². The third-order valence-corrected chi connectivity index (χ3v) is 5.13. The van der Waals surface area contributed by atoms with E-state index in [0.29, 0.717) is 6.42 Å². The number of benzene rings is 1. The van der Waals surface area contributed by atoms with Crippen LogP contribution in [0, 0.1) is 0 Å². The quantitative estimate of drug-likeness (QED) is 0.827. The average molecular weight is 342 g/mol. The predicted octanol–water partition coefficient (Wildman–Crippen LogP) is 4.18. The van der Waals surface area contributed by atoms with Crippen molar-refractivity contribution in [1.82, 2.24) is 4.98 Å². The lowest BCUT2D eigenvalue weighted by molar-refractivity contribution is 0.299. The zero-order valence-corrected chi connectivity index (χ0v) is 12.8. The fourth-order valence-electron chi connectivity index (χ4n) is 1.43. The van der Waals surface area contributed by atoms with Crippen LogP contribution in [-0.4, -0.2) is 16.7 Å². The number of aliphatic hydroxyl groups is 1. The van der Waals surface area contributed by atoms with Crippen molar-refractivity contribution in [2.45, 2.75) is 16.3 Å². The number of aromatic nitrogens is 1. The summed E-state index contributed by atoms with van der Waals surface area (Å²) < 4.78 is 1.04. The molecule has 2 rings (SSSR count). The molecule has 0 bridgehead atoms. The van der Waals surface area contributed by atoms with Gasteiger partial charge in [-0.25, -0.2) is 4.98 Å². The standard InChI is InChI=1S/C13H12BrNOS2/c14-11-4-5-12(10(9-11)6-8-16)17-18-13-3-1-2-7-15-13/h1-5,7,9,16H,6,8H2. The van der Waals surface area contributed by atoms with Crippen molar-refractivity contribution in [3.63, 3.8) is 0 Å². The van der Waals surface area contributed by atoms with E-state index in [0.717, 1.165) is 15.1 Å². The Labute approximate surface area is 123 Å². The lowest BCUT2D eigenvalue weighted by Crippen LogP contribution is -1.92. The highest BCUT2D eigenvalue weighted by Gasteiger charge is 2.05. The van der Waals surface area contributed by atoms with Gasteiger partial charge in [-0.3, -0.25) is 0 Å². The minimum atomic E-state index is 0.165. The molecule has 0 amide bonds. The maximum Gasteiger partial charge on any atom is 0.107 e. The molecule has 0 saturated carbocycles. The van der Waals surface area contributed by atoms with E-state index >= 15 is 0 Å². The SMILES string of the molecule is OCCc1cc(Br)ccc1SSc1ccccn1. The van der Waals surface area contributed by atoms with Crippen LogP contribution in [0.25, 0.3) is 0 Å². The van der Waals surface area contributed by atoms with Crippen LogP contribution in [0.15, 0.2) is 57.0 Å². The summed E-state index contributed by atoms with van der Waals surface area (Å²) >= 11 is 3.45. The summed E-state index contributed by atoms with van der Waals surface area (Å²) in [6, 6.07) is 12.0. The number of hydrogen-bond acceptors (Lipinski definition) is 4. The molecule has 2 nitrogen and oxygen atoms in total. The Morgan fingerprint density at radius 3 is 2.78 bits per heavy atom.